The Morgan fingerprint density at radius 2 is 2.21 bits per heavy atom. The van der Waals surface area contributed by atoms with E-state index in [-0.39, 0.29) is 0 Å². The number of nitriles is 1. The van der Waals surface area contributed by atoms with E-state index in [4.69, 9.17) is 15.7 Å². The molecule has 0 radical (unpaired) electrons. The molecule has 1 heterocycles. The Labute approximate surface area is 111 Å². The third kappa shape index (κ3) is 3.11. The number of allylic oxidation sites excluding steroid dienone is 1. The van der Waals surface area contributed by atoms with Crippen LogP contribution in [0.1, 0.15) is 11.3 Å². The summed E-state index contributed by atoms with van der Waals surface area (Å²) in [5, 5.41) is 8.68. The highest BCUT2D eigenvalue weighted by atomic mass is 16.5. The lowest BCUT2D eigenvalue weighted by Crippen LogP contribution is -1.94. The quantitative estimate of drug-likeness (QED) is 0.669. The number of ether oxygens (including phenoxy) is 1. The first-order chi connectivity index (χ1) is 9.22. The molecular weight excluding hydrogens is 238 g/mol. The third-order valence-corrected chi connectivity index (χ3v) is 2.53. The first-order valence-electron chi connectivity index (χ1n) is 5.76. The summed E-state index contributed by atoms with van der Waals surface area (Å²) < 4.78 is 5.74. The van der Waals surface area contributed by atoms with Crippen molar-refractivity contribution in [2.45, 2.75) is 6.42 Å². The molecule has 2 aromatic rings. The van der Waals surface area contributed by atoms with Gasteiger partial charge >= 0.3 is 0 Å². The maximum Gasteiger partial charge on any atom is 0.145 e. The first-order valence-corrected chi connectivity index (χ1v) is 5.76. The van der Waals surface area contributed by atoms with E-state index >= 15 is 0 Å². The molecule has 0 amide bonds. The van der Waals surface area contributed by atoms with Crippen molar-refractivity contribution in [3.8, 4) is 17.6 Å². The molecule has 4 nitrogen and oxygen atoms in total. The lowest BCUT2D eigenvalue weighted by molar-refractivity contribution is 0.475. The number of nitrogens with two attached hydrogens (primary N) is 1. The maximum absolute atomic E-state index is 8.68. The van der Waals surface area contributed by atoms with Gasteiger partial charge in [0.2, 0.25) is 0 Å². The number of pyridine rings is 1. The summed E-state index contributed by atoms with van der Waals surface area (Å²) in [7, 11) is 0. The van der Waals surface area contributed by atoms with Crippen LogP contribution in [-0.2, 0) is 6.42 Å². The van der Waals surface area contributed by atoms with E-state index in [1.165, 1.54) is 6.20 Å². The summed E-state index contributed by atoms with van der Waals surface area (Å²) in [6.45, 7) is 3.71. The molecule has 0 aliphatic rings. The molecule has 19 heavy (non-hydrogen) atoms. The smallest absolute Gasteiger partial charge is 0.145 e. The molecule has 2 rings (SSSR count). The number of benzene rings is 1. The van der Waals surface area contributed by atoms with Crippen LogP contribution >= 0.6 is 0 Å². The Morgan fingerprint density at radius 3 is 2.84 bits per heavy atom. The van der Waals surface area contributed by atoms with Crippen LogP contribution in [0.25, 0.3) is 0 Å². The van der Waals surface area contributed by atoms with E-state index in [0.29, 0.717) is 29.3 Å². The van der Waals surface area contributed by atoms with Gasteiger partial charge in [-0.25, -0.2) is 4.98 Å². The molecule has 1 aromatic heterocycles. The summed E-state index contributed by atoms with van der Waals surface area (Å²) >= 11 is 0. The molecule has 0 saturated carbocycles. The minimum absolute atomic E-state index is 0.357. The Kier molecular flexibility index (Phi) is 3.79. The van der Waals surface area contributed by atoms with Crippen LogP contribution in [0.15, 0.2) is 49.2 Å². The zero-order valence-corrected chi connectivity index (χ0v) is 10.3. The van der Waals surface area contributed by atoms with Crippen LogP contribution in [0.3, 0.4) is 0 Å². The Balaban J connectivity index is 2.26. The summed E-state index contributed by atoms with van der Waals surface area (Å²) in [6.07, 6.45) is 3.98. The van der Waals surface area contributed by atoms with Crippen molar-refractivity contribution in [1.82, 2.24) is 4.98 Å². The van der Waals surface area contributed by atoms with Gasteiger partial charge in [0.05, 0.1) is 6.20 Å². The zero-order chi connectivity index (χ0) is 13.7. The lowest BCUT2D eigenvalue weighted by atomic mass is 10.1. The van der Waals surface area contributed by atoms with Crippen molar-refractivity contribution < 1.29 is 4.74 Å². The number of anilines is 1. The summed E-state index contributed by atoms with van der Waals surface area (Å²) in [4.78, 5) is 3.96. The number of nitrogens with zero attached hydrogens (tertiary/aromatic N) is 2. The van der Waals surface area contributed by atoms with Crippen molar-refractivity contribution in [3.05, 3.63) is 60.4 Å². The molecule has 0 saturated heterocycles. The predicted molar refractivity (Wildman–Crippen MR) is 73.8 cm³/mol. The van der Waals surface area contributed by atoms with Crippen molar-refractivity contribution in [2.75, 3.05) is 5.73 Å². The molecule has 4 heteroatoms. The third-order valence-electron chi connectivity index (χ3n) is 2.53. The molecule has 0 fully saturated rings. The highest BCUT2D eigenvalue weighted by Gasteiger charge is 2.05. The Hall–Kier alpha value is -2.80. The van der Waals surface area contributed by atoms with Gasteiger partial charge in [-0.3, -0.25) is 0 Å². The van der Waals surface area contributed by atoms with Crippen molar-refractivity contribution in [1.29, 1.82) is 5.26 Å². The molecule has 0 aliphatic heterocycles. The maximum atomic E-state index is 8.68. The van der Waals surface area contributed by atoms with E-state index in [0.717, 1.165) is 5.56 Å². The Morgan fingerprint density at radius 1 is 1.37 bits per heavy atom. The van der Waals surface area contributed by atoms with Gasteiger partial charge in [0.25, 0.3) is 0 Å². The monoisotopic (exact) mass is 251 g/mol. The highest BCUT2D eigenvalue weighted by Crippen LogP contribution is 2.27. The fourth-order valence-corrected chi connectivity index (χ4v) is 1.65. The summed E-state index contributed by atoms with van der Waals surface area (Å²) in [6, 6.07) is 10.7. The minimum Gasteiger partial charge on any atom is -0.455 e. The van der Waals surface area contributed by atoms with Crippen LogP contribution in [0, 0.1) is 11.3 Å². The van der Waals surface area contributed by atoms with E-state index in [9.17, 15) is 0 Å². The van der Waals surface area contributed by atoms with Gasteiger partial charge in [-0.1, -0.05) is 6.08 Å². The van der Waals surface area contributed by atoms with Crippen molar-refractivity contribution >= 4 is 5.69 Å². The van der Waals surface area contributed by atoms with Crippen LogP contribution in [0.5, 0.6) is 11.5 Å². The topological polar surface area (TPSA) is 71.9 Å². The molecule has 1 aromatic carbocycles. The fourth-order valence-electron chi connectivity index (χ4n) is 1.65. The highest BCUT2D eigenvalue weighted by molar-refractivity contribution is 5.49. The van der Waals surface area contributed by atoms with Gasteiger partial charge < -0.3 is 10.5 Å². The van der Waals surface area contributed by atoms with Gasteiger partial charge in [-0.15, -0.1) is 6.58 Å². The number of aromatic nitrogens is 1. The van der Waals surface area contributed by atoms with E-state index in [2.05, 4.69) is 11.6 Å². The number of hydrogen-bond donors (Lipinski definition) is 1. The van der Waals surface area contributed by atoms with Gasteiger partial charge in [0, 0.05) is 11.3 Å². The average Bonchev–Trinajstić information content (AvgIpc) is 2.43. The van der Waals surface area contributed by atoms with Gasteiger partial charge in [-0.05, 0) is 36.8 Å². The minimum atomic E-state index is 0.357. The number of nitrogen functional groups attached to an aromatic ring is 1. The van der Waals surface area contributed by atoms with Crippen LogP contribution in [0.2, 0.25) is 0 Å². The molecule has 0 atom stereocenters. The molecule has 0 spiro atoms. The molecule has 94 valence electrons. The van der Waals surface area contributed by atoms with Crippen LogP contribution in [0.4, 0.5) is 5.69 Å². The number of rotatable bonds is 4. The van der Waals surface area contributed by atoms with Crippen LogP contribution in [-0.4, -0.2) is 4.98 Å². The Bertz CT molecular complexity index is 627. The largest absolute Gasteiger partial charge is 0.455 e. The van der Waals surface area contributed by atoms with E-state index < -0.39 is 0 Å². The lowest BCUT2D eigenvalue weighted by Gasteiger charge is -2.10. The normalized spacial score (nSPS) is 9.63. The second-order valence-corrected chi connectivity index (χ2v) is 3.95. The van der Waals surface area contributed by atoms with Gasteiger partial charge in [0.15, 0.2) is 0 Å². The molecule has 0 unspecified atom stereocenters. The van der Waals surface area contributed by atoms with E-state index in [1.54, 1.807) is 24.3 Å². The second-order valence-electron chi connectivity index (χ2n) is 3.95. The van der Waals surface area contributed by atoms with E-state index in [1.807, 2.05) is 18.2 Å². The second kappa shape index (κ2) is 5.69. The first kappa shape index (κ1) is 12.7. The molecule has 0 bridgehead atoms. The fraction of sp³-hybridized carbons (Fsp3) is 0.0667. The van der Waals surface area contributed by atoms with Crippen molar-refractivity contribution in [3.63, 3.8) is 0 Å². The van der Waals surface area contributed by atoms with Crippen molar-refractivity contribution in [2.24, 2.45) is 0 Å². The predicted octanol–water partition coefficient (Wildman–Crippen LogP) is 3.06. The summed E-state index contributed by atoms with van der Waals surface area (Å²) in [5.74, 6) is 1.29. The van der Waals surface area contributed by atoms with Gasteiger partial charge in [-0.2, -0.15) is 5.26 Å². The molecular formula is C15H13N3O. The standard InChI is InChI=1S/C15H13N3O/c1-2-3-11-8-12(17)4-7-15(11)19-14-6-5-13(9-16)18-10-14/h2,4-8,10H,1,3,17H2. The number of hydrogen-bond acceptors (Lipinski definition) is 4. The van der Waals surface area contributed by atoms with Crippen LogP contribution < -0.4 is 10.5 Å². The molecule has 2 N–H and O–H groups in total. The average molecular weight is 251 g/mol. The zero-order valence-electron chi connectivity index (χ0n) is 10.3. The summed E-state index contributed by atoms with van der Waals surface area (Å²) in [5.41, 5.74) is 7.75. The van der Waals surface area contributed by atoms with Gasteiger partial charge in [0.1, 0.15) is 23.3 Å². The SMILES string of the molecule is C=CCc1cc(N)ccc1Oc1ccc(C#N)nc1. The molecule has 0 aliphatic carbocycles.